The van der Waals surface area contributed by atoms with Crippen molar-refractivity contribution in [2.75, 3.05) is 4.90 Å². The third-order valence-corrected chi connectivity index (χ3v) is 7.18. The zero-order valence-electron chi connectivity index (χ0n) is 18.0. The van der Waals surface area contributed by atoms with Crippen molar-refractivity contribution in [2.24, 2.45) is 0 Å². The highest BCUT2D eigenvalue weighted by molar-refractivity contribution is 7.98. The van der Waals surface area contributed by atoms with Gasteiger partial charge in [-0.3, -0.25) is 9.69 Å². The largest absolute Gasteiger partial charge is 0.303 e. The van der Waals surface area contributed by atoms with Crippen LogP contribution in [0.4, 0.5) is 10.8 Å². The zero-order valence-corrected chi connectivity index (χ0v) is 19.7. The number of carbonyl (C=O) groups is 1. The molecule has 2 heterocycles. The molecule has 3 aromatic rings. The van der Waals surface area contributed by atoms with Crippen LogP contribution < -0.4 is 4.90 Å². The molecule has 30 heavy (non-hydrogen) atoms. The molecular weight excluding hydrogens is 414 g/mol. The summed E-state index contributed by atoms with van der Waals surface area (Å²) in [6, 6.07) is 6.56. The molecule has 0 atom stereocenters. The molecule has 1 saturated carbocycles. The minimum absolute atomic E-state index is 0.0349. The summed E-state index contributed by atoms with van der Waals surface area (Å²) in [6.45, 7) is 10.0. The number of thiazole rings is 1. The van der Waals surface area contributed by atoms with Crippen molar-refractivity contribution >= 4 is 39.8 Å². The van der Waals surface area contributed by atoms with Crippen LogP contribution in [0.5, 0.6) is 0 Å². The summed E-state index contributed by atoms with van der Waals surface area (Å²) in [5, 5.41) is 12.6. The number of hydrogen-bond donors (Lipinski definition) is 0. The predicted octanol–water partition coefficient (Wildman–Crippen LogP) is 5.79. The summed E-state index contributed by atoms with van der Waals surface area (Å²) in [5.41, 5.74) is 4.10. The van der Waals surface area contributed by atoms with Crippen LogP contribution in [0.15, 0.2) is 28.7 Å². The third kappa shape index (κ3) is 4.16. The van der Waals surface area contributed by atoms with Crippen LogP contribution in [-0.4, -0.2) is 25.7 Å². The van der Waals surface area contributed by atoms with Gasteiger partial charge < -0.3 is 4.57 Å². The van der Waals surface area contributed by atoms with Crippen molar-refractivity contribution < 1.29 is 4.79 Å². The Morgan fingerprint density at radius 3 is 2.73 bits per heavy atom. The summed E-state index contributed by atoms with van der Waals surface area (Å²) in [4.78, 5) is 18.9. The topological polar surface area (TPSA) is 63.9 Å². The first kappa shape index (κ1) is 21.1. The quantitative estimate of drug-likeness (QED) is 0.434. The smallest absolute Gasteiger partial charge is 0.230 e. The molecule has 158 valence electrons. The van der Waals surface area contributed by atoms with Crippen molar-refractivity contribution in [3.05, 3.63) is 46.2 Å². The summed E-state index contributed by atoms with van der Waals surface area (Å²) < 4.78 is 2.31. The van der Waals surface area contributed by atoms with E-state index in [0.717, 1.165) is 33.5 Å². The van der Waals surface area contributed by atoms with Crippen molar-refractivity contribution in [3.63, 3.8) is 0 Å². The van der Waals surface area contributed by atoms with Crippen LogP contribution in [0.1, 0.15) is 68.2 Å². The molecule has 0 radical (unpaired) electrons. The van der Waals surface area contributed by atoms with Gasteiger partial charge in [0.25, 0.3) is 0 Å². The number of benzene rings is 1. The van der Waals surface area contributed by atoms with Crippen LogP contribution in [0.25, 0.3) is 0 Å². The molecule has 0 bridgehead atoms. The van der Waals surface area contributed by atoms with Crippen LogP contribution in [-0.2, 0) is 10.5 Å². The van der Waals surface area contributed by atoms with Gasteiger partial charge >= 0.3 is 0 Å². The maximum Gasteiger partial charge on any atom is 0.230 e. The number of aromatic nitrogens is 4. The average molecular weight is 442 g/mol. The molecule has 4 rings (SSSR count). The molecule has 0 N–H and O–H groups in total. The summed E-state index contributed by atoms with van der Waals surface area (Å²) in [7, 11) is 0. The normalized spacial score (nSPS) is 13.8. The molecule has 1 fully saturated rings. The van der Waals surface area contributed by atoms with Gasteiger partial charge in [0, 0.05) is 30.0 Å². The Bertz CT molecular complexity index is 1070. The van der Waals surface area contributed by atoms with Gasteiger partial charge in [0.2, 0.25) is 5.91 Å². The Labute approximate surface area is 185 Å². The number of amides is 1. The van der Waals surface area contributed by atoms with E-state index >= 15 is 0 Å². The van der Waals surface area contributed by atoms with E-state index in [1.165, 1.54) is 24.2 Å². The fraction of sp³-hybridized carbons (Fsp3) is 0.455. The van der Waals surface area contributed by atoms with E-state index in [2.05, 4.69) is 41.6 Å². The predicted molar refractivity (Wildman–Crippen MR) is 123 cm³/mol. The third-order valence-electron chi connectivity index (χ3n) is 5.33. The summed E-state index contributed by atoms with van der Waals surface area (Å²) in [6.07, 6.45) is 2.41. The van der Waals surface area contributed by atoms with Crippen LogP contribution in [0.3, 0.4) is 0 Å². The molecule has 0 spiro atoms. The van der Waals surface area contributed by atoms with Gasteiger partial charge in [-0.05, 0) is 43.9 Å². The lowest BCUT2D eigenvalue weighted by molar-refractivity contribution is -0.115. The standard InChI is InChI=1S/C22H27N5OS2/c1-13(2)20-24-25-22(27(20)18-9-10-18)30-12-17-11-29-21(23-17)26(16(5)28)19-8-6-7-14(3)15(19)4/h6-8,11,13,18H,9-10,12H2,1-5H3. The summed E-state index contributed by atoms with van der Waals surface area (Å²) >= 11 is 3.17. The Balaban J connectivity index is 1.54. The Morgan fingerprint density at radius 1 is 1.30 bits per heavy atom. The molecule has 0 saturated heterocycles. The lowest BCUT2D eigenvalue weighted by Gasteiger charge is -2.21. The van der Waals surface area contributed by atoms with Crippen molar-refractivity contribution in [1.29, 1.82) is 0 Å². The number of carbonyl (C=O) groups excluding carboxylic acids is 1. The minimum atomic E-state index is -0.0349. The van der Waals surface area contributed by atoms with E-state index in [-0.39, 0.29) is 5.91 Å². The van der Waals surface area contributed by atoms with Crippen molar-refractivity contribution in [3.8, 4) is 0 Å². The highest BCUT2D eigenvalue weighted by Gasteiger charge is 2.30. The van der Waals surface area contributed by atoms with Crippen LogP contribution in [0.2, 0.25) is 0 Å². The minimum Gasteiger partial charge on any atom is -0.303 e. The number of thioether (sulfide) groups is 1. The fourth-order valence-electron chi connectivity index (χ4n) is 3.45. The van der Waals surface area contributed by atoms with Gasteiger partial charge in [0.05, 0.1) is 11.4 Å². The van der Waals surface area contributed by atoms with E-state index in [0.29, 0.717) is 22.8 Å². The molecule has 1 aliphatic rings. The molecule has 1 aromatic carbocycles. The average Bonchev–Trinajstić information content (AvgIpc) is 3.27. The number of anilines is 2. The fourth-order valence-corrected chi connectivity index (χ4v) is 5.34. The Hall–Kier alpha value is -2.19. The second-order valence-electron chi connectivity index (χ2n) is 8.08. The molecule has 1 aliphatic carbocycles. The van der Waals surface area contributed by atoms with Crippen LogP contribution in [0, 0.1) is 13.8 Å². The van der Waals surface area contributed by atoms with Gasteiger partial charge in [0.15, 0.2) is 10.3 Å². The molecule has 1 amide bonds. The maximum absolute atomic E-state index is 12.5. The van der Waals surface area contributed by atoms with Crippen LogP contribution >= 0.6 is 23.1 Å². The van der Waals surface area contributed by atoms with E-state index in [9.17, 15) is 4.79 Å². The number of rotatable bonds is 7. The Kier molecular flexibility index (Phi) is 5.97. The highest BCUT2D eigenvalue weighted by Crippen LogP contribution is 2.41. The number of aryl methyl sites for hydroxylation is 1. The maximum atomic E-state index is 12.5. The number of nitrogens with zero attached hydrogens (tertiary/aromatic N) is 5. The molecular formula is C22H27N5OS2. The monoisotopic (exact) mass is 441 g/mol. The molecule has 8 heteroatoms. The molecule has 6 nitrogen and oxygen atoms in total. The zero-order chi connectivity index (χ0) is 21.4. The van der Waals surface area contributed by atoms with Gasteiger partial charge in [0.1, 0.15) is 5.82 Å². The van der Waals surface area contributed by atoms with Gasteiger partial charge in [-0.2, -0.15) is 0 Å². The second kappa shape index (κ2) is 8.51. The van der Waals surface area contributed by atoms with E-state index in [4.69, 9.17) is 4.98 Å². The summed E-state index contributed by atoms with van der Waals surface area (Å²) in [5.74, 6) is 2.10. The first-order valence-corrected chi connectivity index (χ1v) is 12.1. The van der Waals surface area contributed by atoms with E-state index in [1.54, 1.807) is 23.6 Å². The first-order valence-electron chi connectivity index (χ1n) is 10.3. The highest BCUT2D eigenvalue weighted by atomic mass is 32.2. The van der Waals surface area contributed by atoms with Crippen molar-refractivity contribution in [2.45, 2.75) is 70.3 Å². The molecule has 2 aromatic heterocycles. The number of hydrogen-bond acceptors (Lipinski definition) is 6. The first-order chi connectivity index (χ1) is 14.4. The van der Waals surface area contributed by atoms with Gasteiger partial charge in [-0.15, -0.1) is 21.5 Å². The lowest BCUT2D eigenvalue weighted by atomic mass is 10.1. The van der Waals surface area contributed by atoms with E-state index in [1.807, 2.05) is 24.4 Å². The molecule has 0 unspecified atom stereocenters. The van der Waals surface area contributed by atoms with Gasteiger partial charge in [-0.25, -0.2) is 4.98 Å². The Morgan fingerprint density at radius 2 is 2.07 bits per heavy atom. The SMILES string of the molecule is CC(=O)N(c1nc(CSc2nnc(C(C)C)n2C2CC2)cs1)c1cccc(C)c1C. The second-order valence-corrected chi connectivity index (χ2v) is 9.86. The van der Waals surface area contributed by atoms with E-state index < -0.39 is 0 Å². The lowest BCUT2D eigenvalue weighted by Crippen LogP contribution is -2.23. The molecule has 0 aliphatic heterocycles. The van der Waals surface area contributed by atoms with Gasteiger partial charge in [-0.1, -0.05) is 37.7 Å². The van der Waals surface area contributed by atoms with Crippen molar-refractivity contribution in [1.82, 2.24) is 19.7 Å².